The van der Waals surface area contributed by atoms with Gasteiger partial charge in [-0.1, -0.05) is 92.1 Å². The number of amides is 9. The fourth-order valence-corrected chi connectivity index (χ4v) is 7.54. The van der Waals surface area contributed by atoms with Crippen molar-refractivity contribution < 1.29 is 58.5 Å². The third-order valence-electron chi connectivity index (χ3n) is 11.9. The van der Waals surface area contributed by atoms with Gasteiger partial charge in [0.05, 0.1) is 31.9 Å². The fourth-order valence-electron chi connectivity index (χ4n) is 7.54. The zero-order chi connectivity index (χ0) is 54.4. The Balaban J connectivity index is 2.79. The van der Waals surface area contributed by atoms with Crippen molar-refractivity contribution in [1.29, 1.82) is 5.41 Å². The van der Waals surface area contributed by atoms with Crippen molar-refractivity contribution in [2.75, 3.05) is 26.3 Å². The minimum absolute atomic E-state index is 0.00164. The van der Waals surface area contributed by atoms with Gasteiger partial charge in [0.15, 0.2) is 5.96 Å². The van der Waals surface area contributed by atoms with Gasteiger partial charge in [0, 0.05) is 6.54 Å². The van der Waals surface area contributed by atoms with Crippen LogP contribution in [0.3, 0.4) is 0 Å². The molecule has 0 radical (unpaired) electrons. The Morgan fingerprint density at radius 3 is 1.64 bits per heavy atom. The summed E-state index contributed by atoms with van der Waals surface area (Å²) in [5.41, 5.74) is 12.2. The lowest BCUT2D eigenvalue weighted by molar-refractivity contribution is -0.137. The molecular weight excluding hydrogens is 939 g/mol. The quantitative estimate of drug-likeness (QED) is 0.0454. The van der Waals surface area contributed by atoms with Crippen LogP contribution < -0.4 is 64.6 Å². The molecule has 0 aromatic heterocycles. The summed E-state index contributed by atoms with van der Waals surface area (Å²) < 4.78 is 0. The minimum Gasteiger partial charge on any atom is -0.394 e. The number of carbonyl (C=O) groups excluding carboxylic acids is 9. The molecule has 18 N–H and O–H groups in total. The van der Waals surface area contributed by atoms with Crippen molar-refractivity contribution >= 4 is 59.1 Å². The van der Waals surface area contributed by atoms with Crippen molar-refractivity contribution in [3.8, 4) is 0 Å². The van der Waals surface area contributed by atoms with Gasteiger partial charge >= 0.3 is 0 Å². The van der Waals surface area contributed by atoms with E-state index in [1.807, 2.05) is 0 Å². The SMILES string of the molecule is CC[C@H](C)[C@@H]1NC(=O)[C@@H](CCCNC(=N)N)NC(=O)[C@H](CC(C)C)NC(=O)[C@H]([C@H](O)C(C)C)NC(=O)[C@@H](N)[C@@H](c2ccccc2)NC(=O)C(CO)NC(=O)[C@H](CO)NC(=O)CNC(=O)[C@H](CC(C)C)NC1=O. The molecule has 1 aliphatic heterocycles. The summed E-state index contributed by atoms with van der Waals surface area (Å²) in [6, 6.07) is -5.76. The summed E-state index contributed by atoms with van der Waals surface area (Å²) in [5.74, 6) is -10.4. The van der Waals surface area contributed by atoms with E-state index >= 15 is 0 Å². The van der Waals surface area contributed by atoms with Crippen molar-refractivity contribution in [1.82, 2.24) is 53.2 Å². The molecule has 25 heteroatoms. The number of aliphatic hydroxyl groups is 3. The largest absolute Gasteiger partial charge is 0.394 e. The Kier molecular flexibility index (Phi) is 26.1. The predicted molar refractivity (Wildman–Crippen MR) is 264 cm³/mol. The Hall–Kier alpha value is -6.44. The maximum atomic E-state index is 14.3. The normalized spacial score (nSPS) is 26.3. The highest BCUT2D eigenvalue weighted by Gasteiger charge is 2.39. The third-order valence-corrected chi connectivity index (χ3v) is 11.9. The van der Waals surface area contributed by atoms with Gasteiger partial charge in [-0.25, -0.2) is 0 Å². The number of nitrogens with one attached hydrogen (secondary N) is 11. The summed E-state index contributed by atoms with van der Waals surface area (Å²) in [6.45, 7) is 11.1. The molecule has 11 atom stereocenters. The molecule has 1 saturated heterocycles. The molecule has 1 aliphatic rings. The van der Waals surface area contributed by atoms with E-state index in [0.29, 0.717) is 6.42 Å². The lowest BCUT2D eigenvalue weighted by Crippen LogP contribution is -2.63. The number of hydrogen-bond donors (Lipinski definition) is 16. The molecule has 1 unspecified atom stereocenters. The van der Waals surface area contributed by atoms with Gasteiger partial charge < -0.3 is 80.0 Å². The molecule has 0 saturated carbocycles. The Morgan fingerprint density at radius 1 is 0.639 bits per heavy atom. The topological polar surface area (TPSA) is 411 Å². The number of nitrogens with two attached hydrogens (primary N) is 2. The van der Waals surface area contributed by atoms with Gasteiger partial charge in [-0.05, 0) is 54.9 Å². The number of benzene rings is 1. The molecule has 1 fully saturated rings. The van der Waals surface area contributed by atoms with Crippen molar-refractivity contribution in [3.05, 3.63) is 35.9 Å². The lowest BCUT2D eigenvalue weighted by Gasteiger charge is -2.32. The summed E-state index contributed by atoms with van der Waals surface area (Å²) in [6.07, 6.45) is -1.03. The van der Waals surface area contributed by atoms with Crippen LogP contribution in [-0.2, 0) is 43.2 Å². The molecular formula is C47H79N13O12. The molecule has 72 heavy (non-hydrogen) atoms. The van der Waals surface area contributed by atoms with E-state index < -0.39 is 145 Å². The van der Waals surface area contributed by atoms with E-state index in [9.17, 15) is 58.5 Å². The van der Waals surface area contributed by atoms with Crippen molar-refractivity contribution in [3.63, 3.8) is 0 Å². The minimum atomic E-state index is -1.76. The van der Waals surface area contributed by atoms with Crippen LogP contribution in [-0.4, -0.2) is 155 Å². The molecule has 1 aromatic carbocycles. The highest BCUT2D eigenvalue weighted by Crippen LogP contribution is 2.19. The van der Waals surface area contributed by atoms with E-state index in [-0.39, 0.29) is 55.6 Å². The smallest absolute Gasteiger partial charge is 0.245 e. The average Bonchev–Trinajstić information content (AvgIpc) is 3.32. The summed E-state index contributed by atoms with van der Waals surface area (Å²) in [4.78, 5) is 125. The molecule has 1 aromatic rings. The molecule has 0 aliphatic carbocycles. The summed E-state index contributed by atoms with van der Waals surface area (Å²) in [7, 11) is 0. The fraction of sp³-hybridized carbons (Fsp3) is 0.660. The molecule has 1 heterocycles. The molecule has 0 bridgehead atoms. The highest BCUT2D eigenvalue weighted by molar-refractivity contribution is 5.98. The van der Waals surface area contributed by atoms with Gasteiger partial charge in [0.25, 0.3) is 0 Å². The summed E-state index contributed by atoms with van der Waals surface area (Å²) >= 11 is 0. The molecule has 2 rings (SSSR count). The van der Waals surface area contributed by atoms with Gasteiger partial charge in [0.2, 0.25) is 53.2 Å². The van der Waals surface area contributed by atoms with E-state index in [2.05, 4.69) is 53.2 Å². The van der Waals surface area contributed by atoms with Gasteiger partial charge in [0.1, 0.15) is 48.3 Å². The van der Waals surface area contributed by atoms with Crippen LogP contribution in [0, 0.1) is 29.1 Å². The van der Waals surface area contributed by atoms with E-state index in [1.54, 1.807) is 73.6 Å². The standard InChI is InChI=1S/C47H79N13O12/c1-9-26(8)35-45(71)55-29(18-23(2)3)39(65)52-20-33(63)53-31(21-61)42(68)57-32(22-62)43(69)59-36(27-14-11-10-12-15-27)34(48)44(70)60-37(38(64)25(6)7)46(72)56-30(19-24(4)5)41(67)54-28(40(66)58-35)16-13-17-51-47(49)50/h10-12,14-15,23-26,28-32,34-38,61-62,64H,9,13,16-22,48H2,1-8H3,(H,52,65)(H,53,63)(H,54,67)(H,55,71)(H,56,72)(H,57,68)(H,58,66)(H,59,69)(H,60,70)(H4,49,50,51)/t26-,28+,29-,30-,31-,32?,34-,35-,36+,37-,38+/m0/s1. The van der Waals surface area contributed by atoms with Crippen LogP contribution >= 0.6 is 0 Å². The molecule has 9 amide bonds. The Bertz CT molecular complexity index is 2010. The Labute approximate surface area is 420 Å². The first kappa shape index (κ1) is 61.7. The maximum absolute atomic E-state index is 14.3. The zero-order valence-electron chi connectivity index (χ0n) is 42.5. The second kappa shape index (κ2) is 30.4. The first-order valence-electron chi connectivity index (χ1n) is 24.3. The predicted octanol–water partition coefficient (Wildman–Crippen LogP) is -3.90. The van der Waals surface area contributed by atoms with Crippen LogP contribution in [0.4, 0.5) is 0 Å². The van der Waals surface area contributed by atoms with E-state index in [0.717, 1.165) is 0 Å². The second-order valence-corrected chi connectivity index (χ2v) is 19.2. The number of hydrogen-bond acceptors (Lipinski definition) is 14. The zero-order valence-corrected chi connectivity index (χ0v) is 42.5. The van der Waals surface area contributed by atoms with Crippen molar-refractivity contribution in [2.24, 2.45) is 35.1 Å². The van der Waals surface area contributed by atoms with Crippen molar-refractivity contribution in [2.45, 2.75) is 148 Å². The molecule has 0 spiro atoms. The number of guanidine groups is 1. The monoisotopic (exact) mass is 1020 g/mol. The van der Waals surface area contributed by atoms with Crippen LogP contribution in [0.2, 0.25) is 0 Å². The van der Waals surface area contributed by atoms with Crippen LogP contribution in [0.15, 0.2) is 30.3 Å². The maximum Gasteiger partial charge on any atom is 0.245 e. The lowest BCUT2D eigenvalue weighted by atomic mass is 9.95. The Morgan fingerprint density at radius 2 is 1.11 bits per heavy atom. The first-order valence-corrected chi connectivity index (χ1v) is 24.3. The average molecular weight is 1020 g/mol. The molecule has 404 valence electrons. The van der Waals surface area contributed by atoms with Gasteiger partial charge in [-0.2, -0.15) is 0 Å². The third kappa shape index (κ3) is 20.0. The van der Waals surface area contributed by atoms with Crippen LogP contribution in [0.5, 0.6) is 0 Å². The summed E-state index contributed by atoms with van der Waals surface area (Å²) in [5, 5.41) is 64.5. The highest BCUT2D eigenvalue weighted by atomic mass is 16.3. The first-order chi connectivity index (χ1) is 33.8. The number of rotatable bonds is 15. The van der Waals surface area contributed by atoms with Crippen LogP contribution in [0.1, 0.15) is 99.1 Å². The van der Waals surface area contributed by atoms with E-state index in [4.69, 9.17) is 16.9 Å². The van der Waals surface area contributed by atoms with Gasteiger partial charge in [-0.3, -0.25) is 48.6 Å². The van der Waals surface area contributed by atoms with E-state index in [1.165, 1.54) is 12.1 Å². The van der Waals surface area contributed by atoms with Crippen LogP contribution in [0.25, 0.3) is 0 Å². The molecule has 25 nitrogen and oxygen atoms in total. The number of carbonyl (C=O) groups is 9. The van der Waals surface area contributed by atoms with Gasteiger partial charge in [-0.15, -0.1) is 0 Å². The number of aliphatic hydroxyl groups excluding tert-OH is 3. The second-order valence-electron chi connectivity index (χ2n) is 19.2.